The molecule has 10 N–H and O–H groups in total. The van der Waals surface area contributed by atoms with Gasteiger partial charge in [0.1, 0.15) is 96.6 Å². The maximum atomic E-state index is 11.5. The van der Waals surface area contributed by atoms with E-state index in [0.717, 1.165) is 77.1 Å². The first-order valence-electron chi connectivity index (χ1n) is 35.4. The van der Waals surface area contributed by atoms with Gasteiger partial charge >= 0.3 is 150 Å². The van der Waals surface area contributed by atoms with E-state index in [-0.39, 0.29) is 164 Å². The van der Waals surface area contributed by atoms with E-state index in [2.05, 4.69) is 44.8 Å². The number of thiol groups is 1. The Labute approximate surface area is 815 Å². The number of carbonyl (C=O) groups is 3. The third-order valence-electron chi connectivity index (χ3n) is 18.0. The zero-order chi connectivity index (χ0) is 80.8. The van der Waals surface area contributed by atoms with Crippen molar-refractivity contribution in [2.24, 2.45) is 0 Å². The van der Waals surface area contributed by atoms with Gasteiger partial charge in [0.2, 0.25) is 0 Å². The van der Waals surface area contributed by atoms with E-state index in [0.29, 0.717) is 81.9 Å². The second-order valence-electron chi connectivity index (χ2n) is 25.7. The predicted octanol–water partition coefficient (Wildman–Crippen LogP) is 3.74. The standard InChI is InChI=1S/C30H33ClO7S.C21H24ClIO5.C21H25ClO6.C9H10O2S.CH2O3.2Cs.H/c1-3-37-22-9-4-18(5-10-22)14-21-16-20(8-13-24(21)31)30-29(35)28(34)27(33)25(38-30)17-39-23-11-6-19(7-12-23)15-26(32)36-2;2*1-2-27-15-6-3-12(4-7-15)9-14-10-13(5-8-16(14)22)21-20(26)19(25)18(24)17(11-23)28-21;1-11-9(10)6-7-2-4-8(12)5-3-7;2-1-4-3;;;/h4-13,16,25,27-30,33-35H,3,14-15,17H2,1-2H3;3-8,10,17-21,24-26H,2,9,11H2,1H3;3-8,10,17-21,23-26H,2,9,11H2,1H3;2-5,12H,6H2,1H3;1,3H;;;/q;;;;;2*+1;-1/p-1/t25-,27-,28+,29-,30+;2*17-,18-,19+,20-,21+;;;;;/m111...../s1. The molecule has 602 valence electrons. The molecule has 3 heterocycles. The number of halogens is 4. The molecule has 0 unspecified atom stereocenters. The summed E-state index contributed by atoms with van der Waals surface area (Å²) < 4.78 is 43.8. The Morgan fingerprint density at radius 3 is 1.08 bits per heavy atom. The Balaban J connectivity index is 0.000000328. The van der Waals surface area contributed by atoms with Crippen LogP contribution in [0.15, 0.2) is 186 Å². The largest absolute Gasteiger partial charge is 1.00 e. The number of esters is 2. The van der Waals surface area contributed by atoms with Gasteiger partial charge in [-0.2, -0.15) is 0 Å². The molecule has 3 aliphatic rings. The molecule has 0 aliphatic carbocycles. The molecular weight excluding hydrogens is 1920 g/mol. The smallest absolute Gasteiger partial charge is 1.00 e. The number of aliphatic hydroxyl groups is 10. The van der Waals surface area contributed by atoms with E-state index >= 15 is 0 Å². The van der Waals surface area contributed by atoms with Gasteiger partial charge in [-0.15, -0.1) is 24.4 Å². The van der Waals surface area contributed by atoms with Crippen LogP contribution in [0.5, 0.6) is 17.2 Å². The normalized spacial score (nSPS) is 22.8. The Morgan fingerprint density at radius 2 is 0.770 bits per heavy atom. The SMILES string of the molecule is CCOc1ccc(Cc2cc([C@@H]3O[C@H](CI)[C@@H](O)[C@H](O)[C@H]3O)ccc2Cl)cc1.CCOc1ccc(Cc2cc([C@@H]3O[C@H](CO)[C@@H](O)[C@H](O)[C@H]3O)ccc2Cl)cc1.CCOc1ccc(Cc2cc([C@@H]3O[C@H](CSc4ccc(CC(=O)OC)cc4)[C@@H](O)[C@H](O)[C@H]3O)ccc2Cl)cc1.COC(=O)Cc1ccc(S)cc1.O=CO[O-].[Cs+].[Cs+].[H-]. The molecule has 23 nitrogen and oxygen atoms in total. The summed E-state index contributed by atoms with van der Waals surface area (Å²) in [7, 11) is 2.74. The van der Waals surface area contributed by atoms with Gasteiger partial charge in [0.25, 0.3) is 6.47 Å². The topological polar surface area (TPSA) is 360 Å². The van der Waals surface area contributed by atoms with Crippen molar-refractivity contribution < 1.29 is 253 Å². The summed E-state index contributed by atoms with van der Waals surface area (Å²) in [4.78, 5) is 35.4. The Kier molecular flexibility index (Phi) is 47.0. The van der Waals surface area contributed by atoms with Crippen LogP contribution < -0.4 is 157 Å². The Hall–Kier alpha value is -2.59. The number of ether oxygens (including phenoxy) is 8. The second kappa shape index (κ2) is 52.6. The fourth-order valence-corrected chi connectivity index (χ4v) is 14.5. The zero-order valence-corrected chi connectivity index (χ0v) is 82.1. The van der Waals surface area contributed by atoms with E-state index in [9.17, 15) is 60.7 Å². The summed E-state index contributed by atoms with van der Waals surface area (Å²) in [6.07, 6.45) is -14.0. The molecule has 3 fully saturated rings. The fraction of sp³-hybridized carbons (Fsp3) is 0.378. The summed E-state index contributed by atoms with van der Waals surface area (Å²) in [6.45, 7) is 6.99. The van der Waals surface area contributed by atoms with Crippen LogP contribution in [0.1, 0.15) is 102 Å². The van der Waals surface area contributed by atoms with Gasteiger partial charge in [-0.05, 0) is 180 Å². The molecule has 0 bridgehead atoms. The number of aliphatic hydroxyl groups excluding tert-OH is 10. The van der Waals surface area contributed by atoms with Crippen molar-refractivity contribution >= 4 is 100 Å². The van der Waals surface area contributed by atoms with Crippen molar-refractivity contribution in [3.8, 4) is 17.2 Å². The van der Waals surface area contributed by atoms with Crippen LogP contribution in [0, 0.1) is 0 Å². The molecule has 8 aromatic rings. The molecule has 15 atom stereocenters. The van der Waals surface area contributed by atoms with Gasteiger partial charge in [-0.1, -0.05) is 154 Å². The van der Waals surface area contributed by atoms with E-state index < -0.39 is 98.2 Å². The number of hydrogen-bond donors (Lipinski definition) is 11. The molecule has 3 saturated heterocycles. The molecule has 0 radical (unpaired) electrons. The summed E-state index contributed by atoms with van der Waals surface area (Å²) in [5.41, 5.74) is 9.53. The first-order valence-corrected chi connectivity index (χ1v) is 39.5. The van der Waals surface area contributed by atoms with Gasteiger partial charge in [-0.3, -0.25) is 14.4 Å². The first kappa shape index (κ1) is 101. The third-order valence-corrected chi connectivity index (χ3v) is 21.4. The van der Waals surface area contributed by atoms with Gasteiger partial charge < -0.3 is 101 Å². The van der Waals surface area contributed by atoms with Crippen LogP contribution in [0.25, 0.3) is 0 Å². The molecule has 0 aromatic heterocycles. The van der Waals surface area contributed by atoms with Crippen molar-refractivity contribution in [1.82, 2.24) is 0 Å². The average Bonchev–Trinajstić information content (AvgIpc) is 0.793. The maximum absolute atomic E-state index is 11.5. The van der Waals surface area contributed by atoms with Crippen LogP contribution in [0.2, 0.25) is 15.1 Å². The number of benzene rings is 8. The van der Waals surface area contributed by atoms with Crippen molar-refractivity contribution in [2.75, 3.05) is 50.8 Å². The minimum Gasteiger partial charge on any atom is -1.00 e. The van der Waals surface area contributed by atoms with Crippen LogP contribution in [0.4, 0.5) is 0 Å². The number of carbonyl (C=O) groups excluding carboxylic acids is 3. The number of methoxy groups -OCH3 is 2. The fourth-order valence-electron chi connectivity index (χ4n) is 12.1. The summed E-state index contributed by atoms with van der Waals surface area (Å²) >= 11 is 26.9. The molecule has 31 heteroatoms. The van der Waals surface area contributed by atoms with E-state index in [4.69, 9.17) is 78.0 Å². The molecule has 0 spiro atoms. The van der Waals surface area contributed by atoms with Crippen LogP contribution in [-0.4, -0.2) is 194 Å². The molecule has 8 aromatic carbocycles. The minimum absolute atomic E-state index is 0. The van der Waals surface area contributed by atoms with E-state index in [1.807, 2.05) is 160 Å². The number of hydrogen-bond acceptors (Lipinski definition) is 25. The number of thioether (sulfide) groups is 1. The summed E-state index contributed by atoms with van der Waals surface area (Å²) in [6, 6.07) is 54.3. The van der Waals surface area contributed by atoms with Gasteiger partial charge in [0.05, 0.1) is 65.7 Å². The second-order valence-corrected chi connectivity index (χ2v) is 29.4. The van der Waals surface area contributed by atoms with Crippen molar-refractivity contribution in [3.05, 3.63) is 252 Å². The average molecular weight is 2010 g/mol. The molecule has 3 aliphatic heterocycles. The van der Waals surface area contributed by atoms with Crippen LogP contribution in [0.3, 0.4) is 0 Å². The molecule has 0 amide bonds. The summed E-state index contributed by atoms with van der Waals surface area (Å²) in [5, 5.41) is 113. The molecular formula is C82H94Cl3Cs2IO23S2. The third kappa shape index (κ3) is 31.1. The van der Waals surface area contributed by atoms with Crippen LogP contribution >= 0.6 is 81.8 Å². The summed E-state index contributed by atoms with van der Waals surface area (Å²) in [5.74, 6) is 2.24. The molecule has 113 heavy (non-hydrogen) atoms. The van der Waals surface area contributed by atoms with E-state index in [1.54, 1.807) is 36.4 Å². The Bertz CT molecular complexity index is 4020. The quantitative estimate of drug-likeness (QED) is 0.00567. The molecule has 0 saturated carbocycles. The minimum atomic E-state index is -1.42. The zero-order valence-electron chi connectivity index (χ0n) is 64.4. The van der Waals surface area contributed by atoms with Gasteiger partial charge in [0, 0.05) is 35.0 Å². The monoisotopic (exact) mass is 2010 g/mol. The van der Waals surface area contributed by atoms with Gasteiger partial charge in [0.15, 0.2) is 0 Å². The first-order chi connectivity index (χ1) is 53.3. The van der Waals surface area contributed by atoms with Crippen LogP contribution in [-0.2, 0) is 75.1 Å². The van der Waals surface area contributed by atoms with Gasteiger partial charge in [-0.25, -0.2) is 0 Å². The Morgan fingerprint density at radius 1 is 0.469 bits per heavy atom. The maximum Gasteiger partial charge on any atom is 1.00 e. The van der Waals surface area contributed by atoms with Crippen molar-refractivity contribution in [2.45, 2.75) is 154 Å². The predicted molar refractivity (Wildman–Crippen MR) is 429 cm³/mol. The number of alkyl halides is 1. The number of rotatable bonds is 25. The van der Waals surface area contributed by atoms with E-state index in [1.165, 1.54) is 26.0 Å². The molecule has 11 rings (SSSR count). The van der Waals surface area contributed by atoms with Crippen molar-refractivity contribution in [1.29, 1.82) is 0 Å². The van der Waals surface area contributed by atoms with Crippen molar-refractivity contribution in [3.63, 3.8) is 0 Å².